The van der Waals surface area contributed by atoms with Crippen LogP contribution < -0.4 is 5.19 Å². The van der Waals surface area contributed by atoms with E-state index in [1.165, 1.54) is 27.1 Å². The van der Waals surface area contributed by atoms with Gasteiger partial charge < -0.3 is 4.42 Å². The lowest BCUT2D eigenvalue weighted by molar-refractivity contribution is 0.637. The number of para-hydroxylation sites is 1. The molecule has 2 heterocycles. The predicted octanol–water partition coefficient (Wildman–Crippen LogP) is 7.41. The molecule has 2 nitrogen and oxygen atoms in total. The Morgan fingerprint density at radius 2 is 1.72 bits per heavy atom. The van der Waals surface area contributed by atoms with E-state index in [1.807, 2.05) is 12.3 Å². The van der Waals surface area contributed by atoms with Gasteiger partial charge in [-0.1, -0.05) is 57.8 Å². The molecular weight excluding hydrogens is 370 g/mol. The number of nitrogens with zero attached hydrogens (tertiary/aromatic N) is 1. The Morgan fingerprint density at radius 3 is 2.41 bits per heavy atom. The normalized spacial score (nSPS) is 12.4. The standard InChI is InChI=1S/C26H31NOSi/c1-7-18(8-2)21-15-22(27-16-17(21)3)19-13-14-24(29(4,5)6)25-20-11-9-10-12-23(20)28-26(19)25/h9-16,18H,7-8H2,1-6H3. The number of rotatable bonds is 5. The van der Waals surface area contributed by atoms with Gasteiger partial charge in [0, 0.05) is 22.5 Å². The van der Waals surface area contributed by atoms with Crippen molar-refractivity contribution in [3.8, 4) is 11.3 Å². The highest BCUT2D eigenvalue weighted by Gasteiger charge is 2.25. The first-order chi connectivity index (χ1) is 13.8. The molecule has 0 N–H and O–H groups in total. The number of hydrogen-bond acceptors (Lipinski definition) is 2. The minimum atomic E-state index is -1.53. The molecule has 0 amide bonds. The molecule has 2 aromatic carbocycles. The SMILES string of the molecule is CCC(CC)c1cc(-c2ccc([Si](C)(C)C)c3c2oc2ccccc23)ncc1C. The first kappa shape index (κ1) is 19.9. The predicted molar refractivity (Wildman–Crippen MR) is 128 cm³/mol. The zero-order valence-corrected chi connectivity index (χ0v) is 19.5. The summed E-state index contributed by atoms with van der Waals surface area (Å²) in [7, 11) is -1.53. The lowest BCUT2D eigenvalue weighted by Crippen LogP contribution is -2.37. The van der Waals surface area contributed by atoms with Gasteiger partial charge in [0.05, 0.1) is 13.8 Å². The number of aromatic nitrogens is 1. The lowest BCUT2D eigenvalue weighted by Gasteiger charge is -2.20. The van der Waals surface area contributed by atoms with Gasteiger partial charge in [0.15, 0.2) is 0 Å². The summed E-state index contributed by atoms with van der Waals surface area (Å²) < 4.78 is 6.44. The van der Waals surface area contributed by atoms with Gasteiger partial charge in [-0.3, -0.25) is 4.98 Å². The molecule has 0 aliphatic rings. The van der Waals surface area contributed by atoms with Gasteiger partial charge in [-0.25, -0.2) is 0 Å². The van der Waals surface area contributed by atoms with Gasteiger partial charge in [-0.2, -0.15) is 0 Å². The molecule has 0 saturated heterocycles. The topological polar surface area (TPSA) is 26.0 Å². The fourth-order valence-corrected chi connectivity index (χ4v) is 6.09. The van der Waals surface area contributed by atoms with Crippen LogP contribution in [0.2, 0.25) is 19.6 Å². The number of hydrogen-bond donors (Lipinski definition) is 0. The summed E-state index contributed by atoms with van der Waals surface area (Å²) in [4.78, 5) is 4.82. The molecule has 0 radical (unpaired) electrons. The highest BCUT2D eigenvalue weighted by atomic mass is 28.3. The zero-order valence-electron chi connectivity index (χ0n) is 18.5. The Bertz CT molecular complexity index is 1180. The van der Waals surface area contributed by atoms with Crippen molar-refractivity contribution < 1.29 is 4.42 Å². The first-order valence-corrected chi connectivity index (χ1v) is 14.3. The van der Waals surface area contributed by atoms with Crippen molar-refractivity contribution in [3.05, 3.63) is 59.8 Å². The Balaban J connectivity index is 2.03. The Hall–Kier alpha value is -2.39. The summed E-state index contributed by atoms with van der Waals surface area (Å²) >= 11 is 0. The van der Waals surface area contributed by atoms with Crippen LogP contribution in [0.1, 0.15) is 43.7 Å². The van der Waals surface area contributed by atoms with E-state index in [4.69, 9.17) is 9.40 Å². The fraction of sp³-hybridized carbons (Fsp3) is 0.346. The van der Waals surface area contributed by atoms with Crippen molar-refractivity contribution in [1.82, 2.24) is 4.98 Å². The molecule has 0 fully saturated rings. The van der Waals surface area contributed by atoms with E-state index >= 15 is 0 Å². The van der Waals surface area contributed by atoms with Gasteiger partial charge >= 0.3 is 0 Å². The molecule has 4 aromatic rings. The van der Waals surface area contributed by atoms with E-state index in [9.17, 15) is 0 Å². The number of benzene rings is 2. The van der Waals surface area contributed by atoms with Crippen LogP contribution in [0.15, 0.2) is 53.1 Å². The minimum absolute atomic E-state index is 0.573. The van der Waals surface area contributed by atoms with Crippen molar-refractivity contribution in [2.45, 2.75) is 59.2 Å². The third-order valence-corrected chi connectivity index (χ3v) is 8.21. The lowest BCUT2D eigenvalue weighted by atomic mass is 9.90. The van der Waals surface area contributed by atoms with Gasteiger partial charge in [0.1, 0.15) is 11.2 Å². The maximum atomic E-state index is 6.44. The van der Waals surface area contributed by atoms with Crippen LogP contribution in [0, 0.1) is 6.92 Å². The quantitative estimate of drug-likeness (QED) is 0.325. The average molecular weight is 402 g/mol. The largest absolute Gasteiger partial charge is 0.455 e. The Labute approximate surface area is 175 Å². The molecule has 0 aliphatic carbocycles. The highest BCUT2D eigenvalue weighted by molar-refractivity contribution is 6.90. The van der Waals surface area contributed by atoms with Crippen molar-refractivity contribution in [3.63, 3.8) is 0 Å². The number of furan rings is 1. The van der Waals surface area contributed by atoms with E-state index in [0.717, 1.165) is 35.3 Å². The van der Waals surface area contributed by atoms with Crippen molar-refractivity contribution in [2.75, 3.05) is 0 Å². The molecule has 0 bridgehead atoms. The molecule has 0 spiro atoms. The van der Waals surface area contributed by atoms with Crippen LogP contribution in [-0.4, -0.2) is 13.1 Å². The summed E-state index contributed by atoms with van der Waals surface area (Å²) in [6.45, 7) is 13.9. The Kier molecular flexibility index (Phi) is 5.12. The third kappa shape index (κ3) is 3.42. The van der Waals surface area contributed by atoms with E-state index < -0.39 is 8.07 Å². The smallest absolute Gasteiger partial charge is 0.144 e. The fourth-order valence-electron chi connectivity index (χ4n) is 4.51. The summed E-state index contributed by atoms with van der Waals surface area (Å²) in [5, 5.41) is 3.95. The number of aryl methyl sites for hydroxylation is 1. The molecule has 0 aliphatic heterocycles. The van der Waals surface area contributed by atoms with Crippen LogP contribution in [0.3, 0.4) is 0 Å². The van der Waals surface area contributed by atoms with Crippen LogP contribution in [0.5, 0.6) is 0 Å². The second-order valence-electron chi connectivity index (χ2n) is 9.15. The monoisotopic (exact) mass is 401 g/mol. The second-order valence-corrected chi connectivity index (χ2v) is 14.2. The Morgan fingerprint density at radius 1 is 1.00 bits per heavy atom. The van der Waals surface area contributed by atoms with Gasteiger partial charge in [0.25, 0.3) is 0 Å². The van der Waals surface area contributed by atoms with Crippen molar-refractivity contribution in [1.29, 1.82) is 0 Å². The van der Waals surface area contributed by atoms with E-state index in [2.05, 4.69) is 76.8 Å². The van der Waals surface area contributed by atoms with E-state index in [-0.39, 0.29) is 0 Å². The van der Waals surface area contributed by atoms with Crippen LogP contribution >= 0.6 is 0 Å². The molecule has 0 saturated carbocycles. The molecule has 29 heavy (non-hydrogen) atoms. The van der Waals surface area contributed by atoms with Gasteiger partial charge in [-0.15, -0.1) is 0 Å². The van der Waals surface area contributed by atoms with E-state index in [1.54, 1.807) is 0 Å². The molecule has 2 aromatic heterocycles. The van der Waals surface area contributed by atoms with Crippen molar-refractivity contribution >= 4 is 35.2 Å². The van der Waals surface area contributed by atoms with Crippen molar-refractivity contribution in [2.24, 2.45) is 0 Å². The maximum absolute atomic E-state index is 6.44. The summed E-state index contributed by atoms with van der Waals surface area (Å²) in [6, 6.07) is 15.3. The maximum Gasteiger partial charge on any atom is 0.144 e. The van der Waals surface area contributed by atoms with E-state index in [0.29, 0.717) is 5.92 Å². The molecule has 150 valence electrons. The summed E-state index contributed by atoms with van der Waals surface area (Å²) in [6.07, 6.45) is 4.33. The highest BCUT2D eigenvalue weighted by Crippen LogP contribution is 2.37. The summed E-state index contributed by atoms with van der Waals surface area (Å²) in [5.74, 6) is 0.573. The zero-order chi connectivity index (χ0) is 20.8. The van der Waals surface area contributed by atoms with Crippen LogP contribution in [0.4, 0.5) is 0 Å². The number of pyridine rings is 1. The molecule has 0 atom stereocenters. The number of fused-ring (bicyclic) bond motifs is 3. The van der Waals surface area contributed by atoms with Gasteiger partial charge in [-0.05, 0) is 60.2 Å². The minimum Gasteiger partial charge on any atom is -0.455 e. The molecule has 3 heteroatoms. The molecule has 4 rings (SSSR count). The average Bonchev–Trinajstić information content (AvgIpc) is 3.08. The second kappa shape index (κ2) is 7.45. The van der Waals surface area contributed by atoms with Crippen LogP contribution in [0.25, 0.3) is 33.2 Å². The molecular formula is C26H31NOSi. The summed E-state index contributed by atoms with van der Waals surface area (Å²) in [5.41, 5.74) is 6.76. The molecule has 0 unspecified atom stereocenters. The van der Waals surface area contributed by atoms with Crippen LogP contribution in [-0.2, 0) is 0 Å². The van der Waals surface area contributed by atoms with Gasteiger partial charge in [0.2, 0.25) is 0 Å². The third-order valence-electron chi connectivity index (χ3n) is 6.18. The first-order valence-electron chi connectivity index (χ1n) is 10.8.